The number of rotatable bonds is 4. The van der Waals surface area contributed by atoms with E-state index in [1.54, 1.807) is 18.2 Å². The van der Waals surface area contributed by atoms with E-state index in [2.05, 4.69) is 0 Å². The van der Waals surface area contributed by atoms with Gasteiger partial charge in [-0.25, -0.2) is 4.79 Å². The van der Waals surface area contributed by atoms with Gasteiger partial charge in [-0.1, -0.05) is 6.07 Å². The molecule has 0 bridgehead atoms. The molecule has 5 heteroatoms. The molecule has 16 heavy (non-hydrogen) atoms. The molecule has 1 rings (SSSR count). The molecule has 0 aliphatic carbocycles. The van der Waals surface area contributed by atoms with Gasteiger partial charge in [0.25, 0.3) is 0 Å². The summed E-state index contributed by atoms with van der Waals surface area (Å²) in [6, 6.07) is 5.02. The fraction of sp³-hybridized carbons (Fsp3) is 0.182. The fourth-order valence-electron chi connectivity index (χ4n) is 1.18. The van der Waals surface area contributed by atoms with E-state index in [1.807, 2.05) is 0 Å². The van der Waals surface area contributed by atoms with Crippen LogP contribution in [-0.4, -0.2) is 25.3 Å². The van der Waals surface area contributed by atoms with Crippen LogP contribution < -0.4 is 15.2 Å². The lowest BCUT2D eigenvalue weighted by molar-refractivity contribution is -0.132. The number of methoxy groups -OCH3 is 2. The number of ether oxygens (including phenoxy) is 2. The summed E-state index contributed by atoms with van der Waals surface area (Å²) in [5.74, 6) is -0.0576. The van der Waals surface area contributed by atoms with E-state index in [-0.39, 0.29) is 5.70 Å². The number of hydrogen-bond acceptors (Lipinski definition) is 4. The second-order valence-electron chi connectivity index (χ2n) is 3.02. The first-order chi connectivity index (χ1) is 7.58. The van der Waals surface area contributed by atoms with Crippen molar-refractivity contribution >= 4 is 12.0 Å². The molecule has 1 aromatic rings. The summed E-state index contributed by atoms with van der Waals surface area (Å²) in [7, 11) is 3.03. The maximum atomic E-state index is 10.5. The third-order valence-corrected chi connectivity index (χ3v) is 1.98. The van der Waals surface area contributed by atoms with Crippen molar-refractivity contribution < 1.29 is 19.4 Å². The van der Waals surface area contributed by atoms with Crippen LogP contribution in [0.15, 0.2) is 23.9 Å². The number of carboxylic acid groups (broad SMARTS) is 1. The molecule has 0 aromatic heterocycles. The fourth-order valence-corrected chi connectivity index (χ4v) is 1.18. The Balaban J connectivity index is 3.09. The number of carboxylic acids is 1. The van der Waals surface area contributed by atoms with Gasteiger partial charge in [-0.2, -0.15) is 0 Å². The van der Waals surface area contributed by atoms with Crippen LogP contribution in [0.25, 0.3) is 6.08 Å². The largest absolute Gasteiger partial charge is 0.493 e. The van der Waals surface area contributed by atoms with Gasteiger partial charge in [-0.3, -0.25) is 0 Å². The first kappa shape index (κ1) is 11.9. The molecule has 0 aliphatic rings. The molecular weight excluding hydrogens is 210 g/mol. The smallest absolute Gasteiger partial charge is 0.351 e. The maximum absolute atomic E-state index is 10.5. The summed E-state index contributed by atoms with van der Waals surface area (Å²) in [4.78, 5) is 10.5. The molecule has 0 amide bonds. The Labute approximate surface area is 93.1 Å². The average Bonchev–Trinajstić information content (AvgIpc) is 2.28. The van der Waals surface area contributed by atoms with Crippen LogP contribution in [0.2, 0.25) is 0 Å². The van der Waals surface area contributed by atoms with E-state index >= 15 is 0 Å². The molecule has 0 spiro atoms. The van der Waals surface area contributed by atoms with Crippen LogP contribution in [-0.2, 0) is 4.79 Å². The second-order valence-corrected chi connectivity index (χ2v) is 3.02. The van der Waals surface area contributed by atoms with Gasteiger partial charge in [-0.05, 0) is 23.8 Å². The molecule has 0 atom stereocenters. The lowest BCUT2D eigenvalue weighted by atomic mass is 10.1. The Morgan fingerprint density at radius 3 is 2.44 bits per heavy atom. The van der Waals surface area contributed by atoms with Crippen molar-refractivity contribution in [2.45, 2.75) is 0 Å². The van der Waals surface area contributed by atoms with Gasteiger partial charge in [0.05, 0.1) is 14.2 Å². The topological polar surface area (TPSA) is 81.8 Å². The molecule has 0 heterocycles. The molecular formula is C11H13NO4. The van der Waals surface area contributed by atoms with Gasteiger partial charge >= 0.3 is 5.97 Å². The Kier molecular flexibility index (Phi) is 3.77. The third-order valence-electron chi connectivity index (χ3n) is 1.98. The molecule has 0 saturated heterocycles. The van der Waals surface area contributed by atoms with Crippen molar-refractivity contribution in [3.8, 4) is 11.5 Å². The highest BCUT2D eigenvalue weighted by Crippen LogP contribution is 2.28. The van der Waals surface area contributed by atoms with E-state index in [1.165, 1.54) is 20.3 Å². The molecule has 0 saturated carbocycles. The summed E-state index contributed by atoms with van der Waals surface area (Å²) < 4.78 is 10.1. The van der Waals surface area contributed by atoms with Gasteiger partial charge in [0.2, 0.25) is 0 Å². The summed E-state index contributed by atoms with van der Waals surface area (Å²) in [5, 5.41) is 8.62. The van der Waals surface area contributed by atoms with Crippen LogP contribution in [0.3, 0.4) is 0 Å². The first-order valence-electron chi connectivity index (χ1n) is 4.51. The number of benzene rings is 1. The van der Waals surface area contributed by atoms with E-state index in [9.17, 15) is 4.79 Å². The van der Waals surface area contributed by atoms with Crippen LogP contribution in [0, 0.1) is 0 Å². The lowest BCUT2D eigenvalue weighted by Gasteiger charge is -2.07. The molecule has 0 unspecified atom stereocenters. The minimum atomic E-state index is -1.16. The highest BCUT2D eigenvalue weighted by Gasteiger charge is 2.05. The zero-order valence-corrected chi connectivity index (χ0v) is 9.06. The second kappa shape index (κ2) is 5.06. The van der Waals surface area contributed by atoms with Crippen molar-refractivity contribution in [1.82, 2.24) is 0 Å². The number of aliphatic carboxylic acids is 1. The van der Waals surface area contributed by atoms with Crippen LogP contribution in [0.1, 0.15) is 5.56 Å². The molecule has 1 aromatic carbocycles. The molecule has 0 radical (unpaired) electrons. The maximum Gasteiger partial charge on any atom is 0.351 e. The van der Waals surface area contributed by atoms with Gasteiger partial charge in [-0.15, -0.1) is 0 Å². The van der Waals surface area contributed by atoms with Crippen molar-refractivity contribution in [1.29, 1.82) is 0 Å². The minimum Gasteiger partial charge on any atom is -0.493 e. The van der Waals surface area contributed by atoms with Gasteiger partial charge in [0.15, 0.2) is 11.5 Å². The summed E-state index contributed by atoms with van der Waals surface area (Å²) >= 11 is 0. The molecule has 5 nitrogen and oxygen atoms in total. The van der Waals surface area contributed by atoms with Gasteiger partial charge in [0, 0.05) is 0 Å². The Hall–Kier alpha value is -2.17. The monoisotopic (exact) mass is 223 g/mol. The predicted octanol–water partition coefficient (Wildman–Crippen LogP) is 1.09. The summed E-state index contributed by atoms with van der Waals surface area (Å²) in [6.45, 7) is 0. The molecule has 3 N–H and O–H groups in total. The van der Waals surface area contributed by atoms with Gasteiger partial charge in [0.1, 0.15) is 5.70 Å². The van der Waals surface area contributed by atoms with Crippen molar-refractivity contribution in [3.63, 3.8) is 0 Å². The molecule has 0 aliphatic heterocycles. The van der Waals surface area contributed by atoms with Crippen molar-refractivity contribution in [2.24, 2.45) is 5.73 Å². The summed E-state index contributed by atoms with van der Waals surface area (Å²) in [5.41, 5.74) is 5.71. The standard InChI is InChI=1S/C11H13NO4/c1-15-9-4-3-7(6-10(9)16-2)5-8(12)11(13)14/h3-6H,12H2,1-2H3,(H,13,14). The highest BCUT2D eigenvalue weighted by atomic mass is 16.5. The quantitative estimate of drug-likeness (QED) is 0.746. The number of carbonyl (C=O) groups is 1. The third kappa shape index (κ3) is 2.66. The average molecular weight is 223 g/mol. The number of nitrogens with two attached hydrogens (primary N) is 1. The van der Waals surface area contributed by atoms with E-state index < -0.39 is 5.97 Å². The highest BCUT2D eigenvalue weighted by molar-refractivity contribution is 5.91. The van der Waals surface area contributed by atoms with E-state index in [0.717, 1.165) is 0 Å². The predicted molar refractivity (Wildman–Crippen MR) is 59.3 cm³/mol. The Morgan fingerprint density at radius 2 is 1.94 bits per heavy atom. The van der Waals surface area contributed by atoms with Crippen molar-refractivity contribution in [3.05, 3.63) is 29.5 Å². The van der Waals surface area contributed by atoms with Crippen LogP contribution in [0.4, 0.5) is 0 Å². The zero-order valence-electron chi connectivity index (χ0n) is 9.06. The minimum absolute atomic E-state index is 0.229. The normalized spacial score (nSPS) is 11.0. The number of hydrogen-bond donors (Lipinski definition) is 2. The van der Waals surface area contributed by atoms with Crippen LogP contribution >= 0.6 is 0 Å². The Bertz CT molecular complexity index is 426. The zero-order chi connectivity index (χ0) is 12.1. The lowest BCUT2D eigenvalue weighted by Crippen LogP contribution is -2.09. The Morgan fingerprint density at radius 1 is 1.31 bits per heavy atom. The van der Waals surface area contributed by atoms with Crippen LogP contribution in [0.5, 0.6) is 11.5 Å². The summed E-state index contributed by atoms with van der Waals surface area (Å²) in [6.07, 6.45) is 1.35. The molecule has 0 fully saturated rings. The SMILES string of the molecule is COc1ccc(C=C(N)C(=O)O)cc1OC. The van der Waals surface area contributed by atoms with Crippen molar-refractivity contribution in [2.75, 3.05) is 14.2 Å². The first-order valence-corrected chi connectivity index (χ1v) is 4.51. The van der Waals surface area contributed by atoms with E-state index in [0.29, 0.717) is 17.1 Å². The molecule has 86 valence electrons. The van der Waals surface area contributed by atoms with Gasteiger partial charge < -0.3 is 20.3 Å². The van der Waals surface area contributed by atoms with E-state index in [4.69, 9.17) is 20.3 Å².